The maximum atomic E-state index is 11.9. The van der Waals surface area contributed by atoms with Gasteiger partial charge in [-0.15, -0.1) is 0 Å². The molecule has 0 saturated heterocycles. The van der Waals surface area contributed by atoms with Crippen LogP contribution in [0.25, 0.3) is 0 Å². The Morgan fingerprint density at radius 1 is 1.41 bits per heavy atom. The first kappa shape index (κ1) is 12.3. The molecule has 92 valence electrons. The number of aromatic nitrogens is 2. The van der Waals surface area contributed by atoms with Crippen LogP contribution in [-0.2, 0) is 11.2 Å². The molecule has 2 rings (SSSR count). The summed E-state index contributed by atoms with van der Waals surface area (Å²) in [6.07, 6.45) is 2.82. The van der Waals surface area contributed by atoms with Crippen molar-refractivity contribution in [3.63, 3.8) is 0 Å². The van der Waals surface area contributed by atoms with Crippen LogP contribution < -0.4 is 17.0 Å². The number of nitrogens with zero attached hydrogens (tertiary/aromatic N) is 1. The van der Waals surface area contributed by atoms with E-state index in [1.807, 2.05) is 0 Å². The molecule has 0 fully saturated rings. The van der Waals surface area contributed by atoms with E-state index in [1.54, 1.807) is 22.9 Å². The monoisotopic (exact) mass is 349 g/mol. The van der Waals surface area contributed by atoms with Crippen LogP contribution in [-0.4, -0.2) is 13.7 Å². The number of fused-ring (bicyclic) bond motifs is 1. The summed E-state index contributed by atoms with van der Waals surface area (Å²) in [6.45, 7) is 0. The van der Waals surface area contributed by atoms with Crippen LogP contribution in [0.3, 0.4) is 0 Å². The van der Waals surface area contributed by atoms with Gasteiger partial charge in [-0.2, -0.15) is 2.78 Å². The lowest BCUT2D eigenvalue weighted by Crippen LogP contribution is -2.35. The Morgan fingerprint density at radius 3 is 2.76 bits per heavy atom. The Kier molecular flexibility index (Phi) is 3.36. The van der Waals surface area contributed by atoms with Gasteiger partial charge in [-0.25, -0.2) is 4.79 Å². The van der Waals surface area contributed by atoms with Crippen LogP contribution in [0, 0.1) is 0 Å². The number of rotatable bonds is 1. The van der Waals surface area contributed by atoms with E-state index in [2.05, 4.69) is 4.98 Å². The molecule has 0 saturated carbocycles. The summed E-state index contributed by atoms with van der Waals surface area (Å²) in [5.74, 6) is -1.04. The summed E-state index contributed by atoms with van der Waals surface area (Å²) in [7, 11) is 0. The van der Waals surface area contributed by atoms with Gasteiger partial charge in [0.25, 0.3) is 5.56 Å². The topological polar surface area (TPSA) is 97.9 Å². The van der Waals surface area contributed by atoms with E-state index in [9.17, 15) is 14.4 Å². The molecule has 17 heavy (non-hydrogen) atoms. The van der Waals surface area contributed by atoms with Gasteiger partial charge in [-0.05, 0) is 19.3 Å². The molecule has 1 aliphatic carbocycles. The van der Waals surface area contributed by atoms with E-state index < -0.39 is 17.5 Å². The fourth-order valence-electron chi connectivity index (χ4n) is 2.18. The second kappa shape index (κ2) is 4.63. The minimum Gasteiger partial charge on any atom is -0.369 e. The van der Waals surface area contributed by atoms with Crippen LogP contribution in [0.1, 0.15) is 36.4 Å². The van der Waals surface area contributed by atoms with Crippen molar-refractivity contribution in [3.8, 4) is 0 Å². The highest BCUT2D eigenvalue weighted by Gasteiger charge is 2.27. The third-order valence-corrected chi connectivity index (χ3v) is 3.92. The number of amides is 1. The van der Waals surface area contributed by atoms with Crippen molar-refractivity contribution in [2.75, 3.05) is 0 Å². The van der Waals surface area contributed by atoms with Gasteiger partial charge in [0.05, 0.1) is 28.8 Å². The number of hydrogen-bond donors (Lipinski definition) is 2. The number of nitrogens with one attached hydrogen (secondary N) is 1. The highest BCUT2D eigenvalue weighted by molar-refractivity contribution is 14.1. The molecule has 1 aliphatic rings. The van der Waals surface area contributed by atoms with Crippen molar-refractivity contribution in [2.24, 2.45) is 5.73 Å². The summed E-state index contributed by atoms with van der Waals surface area (Å²) >= 11 is 1.66. The van der Waals surface area contributed by atoms with Gasteiger partial charge in [-0.1, -0.05) is 6.42 Å². The summed E-state index contributed by atoms with van der Waals surface area (Å²) in [5.41, 5.74) is 5.40. The summed E-state index contributed by atoms with van der Waals surface area (Å²) in [4.78, 5) is 37.5. The Balaban J connectivity index is 2.71. The van der Waals surface area contributed by atoms with Crippen molar-refractivity contribution in [1.82, 2.24) is 7.76 Å². The molecule has 3 N–H and O–H groups in total. The zero-order valence-electron chi connectivity index (χ0n) is 9.03. The molecule has 1 atom stereocenters. The Bertz CT molecular complexity index is 575. The van der Waals surface area contributed by atoms with Crippen molar-refractivity contribution in [3.05, 3.63) is 32.1 Å². The predicted octanol–water partition coefficient (Wildman–Crippen LogP) is 0.0300. The lowest BCUT2D eigenvalue weighted by molar-refractivity contribution is -0.119. The number of carbonyl (C=O) groups excluding carboxylic acids is 1. The quantitative estimate of drug-likeness (QED) is 0.553. The fourth-order valence-corrected chi connectivity index (χ4v) is 2.60. The van der Waals surface area contributed by atoms with Gasteiger partial charge in [0.1, 0.15) is 0 Å². The average molecular weight is 349 g/mol. The van der Waals surface area contributed by atoms with E-state index in [1.165, 1.54) is 0 Å². The number of primary amides is 1. The molecule has 6 nitrogen and oxygen atoms in total. The van der Waals surface area contributed by atoms with Crippen molar-refractivity contribution >= 4 is 28.8 Å². The Labute approximate surface area is 111 Å². The molecule has 0 spiro atoms. The first-order chi connectivity index (χ1) is 8.02. The molecule has 0 aromatic carbocycles. The smallest absolute Gasteiger partial charge is 0.337 e. The molecule has 1 amide bonds. The second-order valence-electron chi connectivity index (χ2n) is 4.11. The SMILES string of the molecule is NC(=O)C1CCCCc2c1[nH]c(=O)n(I)c2=O. The second-order valence-corrected chi connectivity index (χ2v) is 5.07. The molecule has 1 aromatic heterocycles. The number of aromatic amines is 1. The maximum Gasteiger partial charge on any atom is 0.337 e. The minimum absolute atomic E-state index is 0.336. The average Bonchev–Trinajstić information content (AvgIpc) is 2.48. The lowest BCUT2D eigenvalue weighted by atomic mass is 9.98. The standard InChI is InChI=1S/C10H12IN3O3/c11-14-9(16)6-4-2-1-3-5(8(12)15)7(6)13-10(14)17/h5H,1-4H2,(H2,12,15)(H,13,17). The van der Waals surface area contributed by atoms with E-state index in [-0.39, 0.29) is 5.56 Å². The first-order valence-electron chi connectivity index (χ1n) is 5.36. The number of H-pyrrole nitrogens is 1. The van der Waals surface area contributed by atoms with Gasteiger partial charge >= 0.3 is 5.69 Å². The number of halogens is 1. The molecular weight excluding hydrogens is 337 g/mol. The normalized spacial score (nSPS) is 19.5. The van der Waals surface area contributed by atoms with Crippen molar-refractivity contribution < 1.29 is 4.79 Å². The van der Waals surface area contributed by atoms with E-state index in [0.29, 0.717) is 24.1 Å². The third-order valence-electron chi connectivity index (χ3n) is 3.04. The van der Waals surface area contributed by atoms with Crippen molar-refractivity contribution in [1.29, 1.82) is 0 Å². The highest BCUT2D eigenvalue weighted by Crippen LogP contribution is 2.26. The van der Waals surface area contributed by atoms with E-state index in [0.717, 1.165) is 15.6 Å². The van der Waals surface area contributed by atoms with Crippen LogP contribution in [0.5, 0.6) is 0 Å². The summed E-state index contributed by atoms with van der Waals surface area (Å²) in [6, 6.07) is 0. The summed E-state index contributed by atoms with van der Waals surface area (Å²) < 4.78 is 1.000. The highest BCUT2D eigenvalue weighted by atomic mass is 127. The van der Waals surface area contributed by atoms with E-state index >= 15 is 0 Å². The molecule has 7 heteroatoms. The molecular formula is C10H12IN3O3. The van der Waals surface area contributed by atoms with Gasteiger partial charge in [0, 0.05) is 11.3 Å². The van der Waals surface area contributed by atoms with Gasteiger partial charge in [0.15, 0.2) is 0 Å². The lowest BCUT2D eigenvalue weighted by Gasteiger charge is -2.13. The largest absolute Gasteiger partial charge is 0.369 e. The summed E-state index contributed by atoms with van der Waals surface area (Å²) in [5, 5.41) is 0. The van der Waals surface area contributed by atoms with Crippen LogP contribution in [0.2, 0.25) is 0 Å². The predicted molar refractivity (Wildman–Crippen MR) is 70.2 cm³/mol. The maximum absolute atomic E-state index is 11.9. The zero-order valence-corrected chi connectivity index (χ0v) is 11.2. The van der Waals surface area contributed by atoms with Gasteiger partial charge in [0.2, 0.25) is 5.91 Å². The van der Waals surface area contributed by atoms with Crippen molar-refractivity contribution in [2.45, 2.75) is 31.6 Å². The molecule has 1 aromatic rings. The van der Waals surface area contributed by atoms with Gasteiger partial charge in [-0.3, -0.25) is 9.59 Å². The van der Waals surface area contributed by atoms with Gasteiger partial charge < -0.3 is 10.7 Å². The molecule has 1 unspecified atom stereocenters. The molecule has 0 radical (unpaired) electrons. The first-order valence-corrected chi connectivity index (χ1v) is 6.32. The number of hydrogen-bond acceptors (Lipinski definition) is 3. The Morgan fingerprint density at radius 2 is 2.12 bits per heavy atom. The van der Waals surface area contributed by atoms with E-state index in [4.69, 9.17) is 5.73 Å². The number of carbonyl (C=O) groups is 1. The Hall–Kier alpha value is -1.12. The third kappa shape index (κ3) is 2.15. The molecule has 0 aliphatic heterocycles. The molecule has 0 bridgehead atoms. The molecule has 1 heterocycles. The van der Waals surface area contributed by atoms with Crippen LogP contribution in [0.4, 0.5) is 0 Å². The van der Waals surface area contributed by atoms with Crippen LogP contribution >= 0.6 is 22.9 Å². The fraction of sp³-hybridized carbons (Fsp3) is 0.500. The number of nitrogens with two attached hydrogens (primary N) is 1. The van der Waals surface area contributed by atoms with Crippen LogP contribution in [0.15, 0.2) is 9.59 Å². The minimum atomic E-state index is -0.550. The zero-order chi connectivity index (χ0) is 12.6.